The van der Waals surface area contributed by atoms with Gasteiger partial charge in [-0.3, -0.25) is 4.72 Å². The molecule has 0 saturated carbocycles. The lowest BCUT2D eigenvalue weighted by Gasteiger charge is -2.13. The van der Waals surface area contributed by atoms with Crippen LogP contribution in [0, 0.1) is 11.2 Å². The molecule has 0 unspecified atom stereocenters. The van der Waals surface area contributed by atoms with Gasteiger partial charge in [-0.05, 0) is 29.8 Å². The van der Waals surface area contributed by atoms with Gasteiger partial charge in [0.15, 0.2) is 0 Å². The van der Waals surface area contributed by atoms with Crippen molar-refractivity contribution in [1.29, 1.82) is 0 Å². The summed E-state index contributed by atoms with van der Waals surface area (Å²) in [7, 11) is -3.68. The molecule has 2 aromatic rings. The Labute approximate surface area is 141 Å². The third-order valence-corrected chi connectivity index (χ3v) is 5.16. The molecule has 0 atom stereocenters. The van der Waals surface area contributed by atoms with Gasteiger partial charge in [0.25, 0.3) is 10.0 Å². The lowest BCUT2D eigenvalue weighted by Crippen LogP contribution is -2.23. The van der Waals surface area contributed by atoms with Gasteiger partial charge >= 0.3 is 0 Å². The van der Waals surface area contributed by atoms with E-state index in [2.05, 4.69) is 4.72 Å². The summed E-state index contributed by atoms with van der Waals surface area (Å²) in [5, 5.41) is 0. The normalized spacial score (nSPS) is 16.5. The number of halogens is 1. The van der Waals surface area contributed by atoms with Crippen LogP contribution < -0.4 is 4.72 Å². The zero-order chi connectivity index (χ0) is 17.4. The molecule has 1 aliphatic rings. The predicted molar refractivity (Wildman–Crippen MR) is 93.0 cm³/mol. The molecule has 0 aliphatic heterocycles. The van der Waals surface area contributed by atoms with Gasteiger partial charge in [0.1, 0.15) is 5.82 Å². The van der Waals surface area contributed by atoms with Gasteiger partial charge in [0.2, 0.25) is 0 Å². The van der Waals surface area contributed by atoms with Crippen LogP contribution in [0.15, 0.2) is 77.3 Å². The number of sulfonamides is 1. The average molecular weight is 343 g/mol. The van der Waals surface area contributed by atoms with Gasteiger partial charge in [-0.1, -0.05) is 56.3 Å². The average Bonchev–Trinajstić information content (AvgIpc) is 2.83. The van der Waals surface area contributed by atoms with Crippen molar-refractivity contribution in [2.45, 2.75) is 18.7 Å². The van der Waals surface area contributed by atoms with Crippen molar-refractivity contribution in [1.82, 2.24) is 4.72 Å². The monoisotopic (exact) mass is 343 g/mol. The molecule has 0 aromatic heterocycles. The minimum atomic E-state index is -3.68. The summed E-state index contributed by atoms with van der Waals surface area (Å²) in [5.74, 6) is -0.327. The molecule has 3 nitrogen and oxygen atoms in total. The summed E-state index contributed by atoms with van der Waals surface area (Å²) in [4.78, 5) is 0.203. The molecule has 0 bridgehead atoms. The van der Waals surface area contributed by atoms with E-state index in [-0.39, 0.29) is 16.1 Å². The summed E-state index contributed by atoms with van der Waals surface area (Å²) in [5.41, 5.74) is 1.73. The van der Waals surface area contributed by atoms with Crippen LogP contribution >= 0.6 is 0 Å². The molecule has 124 valence electrons. The second kappa shape index (κ2) is 5.91. The van der Waals surface area contributed by atoms with E-state index in [0.717, 1.165) is 11.1 Å². The fourth-order valence-corrected chi connectivity index (χ4v) is 3.79. The van der Waals surface area contributed by atoms with Crippen molar-refractivity contribution >= 4 is 15.6 Å². The predicted octanol–water partition coefficient (Wildman–Crippen LogP) is 4.11. The van der Waals surface area contributed by atoms with Gasteiger partial charge in [-0.25, -0.2) is 12.8 Å². The number of nitrogens with one attached hydrogen (secondary N) is 1. The Bertz CT molecular complexity index is 912. The smallest absolute Gasteiger partial charge is 0.261 e. The minimum absolute atomic E-state index is 0.203. The lowest BCUT2D eigenvalue weighted by molar-refractivity contribution is 0.588. The first-order valence-corrected chi connectivity index (χ1v) is 9.05. The molecule has 3 rings (SSSR count). The van der Waals surface area contributed by atoms with Crippen molar-refractivity contribution in [2.24, 2.45) is 5.41 Å². The molecule has 24 heavy (non-hydrogen) atoms. The summed E-state index contributed by atoms with van der Waals surface area (Å²) in [6.45, 7) is 3.97. The van der Waals surface area contributed by atoms with Gasteiger partial charge < -0.3 is 0 Å². The molecule has 0 saturated heterocycles. The molecular weight excluding hydrogens is 325 g/mol. The Morgan fingerprint density at radius 1 is 0.917 bits per heavy atom. The zero-order valence-corrected chi connectivity index (χ0v) is 14.3. The highest BCUT2D eigenvalue weighted by molar-refractivity contribution is 7.89. The highest BCUT2D eigenvalue weighted by Crippen LogP contribution is 2.38. The van der Waals surface area contributed by atoms with Gasteiger partial charge in [-0.15, -0.1) is 0 Å². The second-order valence-corrected chi connectivity index (χ2v) is 8.05. The summed E-state index contributed by atoms with van der Waals surface area (Å²) >= 11 is 0. The first-order chi connectivity index (χ1) is 11.3. The van der Waals surface area contributed by atoms with E-state index in [1.54, 1.807) is 42.5 Å². The van der Waals surface area contributed by atoms with Gasteiger partial charge in [-0.2, -0.15) is 0 Å². The van der Waals surface area contributed by atoms with Gasteiger partial charge in [0, 0.05) is 11.0 Å². The highest BCUT2D eigenvalue weighted by Gasteiger charge is 2.27. The molecule has 0 amide bonds. The summed E-state index contributed by atoms with van der Waals surface area (Å²) < 4.78 is 41.0. The van der Waals surface area contributed by atoms with Gasteiger partial charge in [0.05, 0.1) is 10.6 Å². The number of rotatable bonds is 4. The van der Waals surface area contributed by atoms with Crippen LogP contribution in [0.1, 0.15) is 19.4 Å². The fraction of sp³-hybridized carbons (Fsp3) is 0.158. The zero-order valence-electron chi connectivity index (χ0n) is 13.5. The van der Waals surface area contributed by atoms with Crippen LogP contribution in [-0.4, -0.2) is 8.42 Å². The maximum atomic E-state index is 13.2. The van der Waals surface area contributed by atoms with Crippen molar-refractivity contribution in [3.63, 3.8) is 0 Å². The maximum absolute atomic E-state index is 13.2. The van der Waals surface area contributed by atoms with E-state index >= 15 is 0 Å². The Morgan fingerprint density at radius 2 is 1.54 bits per heavy atom. The van der Waals surface area contributed by atoms with Crippen LogP contribution in [0.2, 0.25) is 0 Å². The van der Waals surface area contributed by atoms with Crippen molar-refractivity contribution in [3.8, 4) is 0 Å². The molecule has 1 aliphatic carbocycles. The summed E-state index contributed by atoms with van der Waals surface area (Å²) in [6, 6.07) is 14.2. The van der Waals surface area contributed by atoms with Crippen molar-refractivity contribution < 1.29 is 12.8 Å². The van der Waals surface area contributed by atoms with E-state index in [0.29, 0.717) is 5.70 Å². The SMILES string of the molecule is CC1(C)C=C(NS(=O)(=O)c2ccccc2)C(c2ccc(F)cc2)=C1. The number of benzene rings is 2. The topological polar surface area (TPSA) is 46.2 Å². The van der Waals surface area contributed by atoms with Crippen molar-refractivity contribution in [2.75, 3.05) is 0 Å². The molecule has 1 N–H and O–H groups in total. The second-order valence-electron chi connectivity index (χ2n) is 6.36. The van der Waals surface area contributed by atoms with E-state index in [1.807, 2.05) is 26.0 Å². The van der Waals surface area contributed by atoms with Crippen molar-refractivity contribution in [3.05, 3.63) is 83.8 Å². The van der Waals surface area contributed by atoms with E-state index in [9.17, 15) is 12.8 Å². The quantitative estimate of drug-likeness (QED) is 0.908. The highest BCUT2D eigenvalue weighted by atomic mass is 32.2. The van der Waals surface area contributed by atoms with Crippen LogP contribution in [0.4, 0.5) is 4.39 Å². The first-order valence-electron chi connectivity index (χ1n) is 7.57. The number of allylic oxidation sites excluding steroid dienone is 3. The summed E-state index contributed by atoms with van der Waals surface area (Å²) in [6.07, 6.45) is 3.84. The number of hydrogen-bond donors (Lipinski definition) is 1. The van der Waals surface area contributed by atoms with Crippen LogP contribution in [-0.2, 0) is 10.0 Å². The fourth-order valence-electron chi connectivity index (χ4n) is 2.70. The van der Waals surface area contributed by atoms with Crippen LogP contribution in [0.3, 0.4) is 0 Å². The van der Waals surface area contributed by atoms with E-state index < -0.39 is 10.0 Å². The molecular formula is C19H18FNO2S. The maximum Gasteiger partial charge on any atom is 0.261 e. The molecule has 5 heteroatoms. The Kier molecular flexibility index (Phi) is 4.05. The largest absolute Gasteiger partial charge is 0.279 e. The van der Waals surface area contributed by atoms with E-state index in [1.165, 1.54) is 12.1 Å². The Balaban J connectivity index is 1.97. The molecule has 0 radical (unpaired) electrons. The standard InChI is InChI=1S/C19H18FNO2S/c1-19(2)12-17(14-8-10-15(20)11-9-14)18(13-19)21-24(22,23)16-6-4-3-5-7-16/h3-13,21H,1-2H3. The lowest BCUT2D eigenvalue weighted by atomic mass is 9.95. The molecule has 2 aromatic carbocycles. The Hall–Kier alpha value is -2.40. The molecule has 0 spiro atoms. The van der Waals surface area contributed by atoms with Crippen LogP contribution in [0.25, 0.3) is 5.57 Å². The molecule has 0 fully saturated rings. The number of hydrogen-bond acceptors (Lipinski definition) is 2. The third-order valence-electron chi connectivity index (χ3n) is 3.78. The minimum Gasteiger partial charge on any atom is -0.279 e. The Morgan fingerprint density at radius 3 is 2.17 bits per heavy atom. The molecule has 0 heterocycles. The van der Waals surface area contributed by atoms with E-state index in [4.69, 9.17) is 0 Å². The van der Waals surface area contributed by atoms with Crippen LogP contribution in [0.5, 0.6) is 0 Å². The first kappa shape index (κ1) is 16.5. The third kappa shape index (κ3) is 3.41.